The third kappa shape index (κ3) is 6.29. The maximum atomic E-state index is 12.8. The van der Waals surface area contributed by atoms with E-state index in [0.29, 0.717) is 34.9 Å². The van der Waals surface area contributed by atoms with Crippen LogP contribution in [-0.2, 0) is 16.1 Å². The highest BCUT2D eigenvalue weighted by Gasteiger charge is 2.28. The second-order valence-electron chi connectivity index (χ2n) is 10.9. The molecule has 6 rings (SSSR count). The number of aromatic nitrogens is 4. The van der Waals surface area contributed by atoms with E-state index in [1.807, 2.05) is 16.9 Å². The van der Waals surface area contributed by atoms with E-state index in [1.54, 1.807) is 37.4 Å². The van der Waals surface area contributed by atoms with Crippen LogP contribution < -0.4 is 5.01 Å². The number of fused-ring (bicyclic) bond motifs is 3. The topological polar surface area (TPSA) is 191 Å². The number of nitrogens with one attached hydrogen (secondary N) is 1. The predicted octanol–water partition coefficient (Wildman–Crippen LogP) is 6.41. The number of imidazole rings is 1. The van der Waals surface area contributed by atoms with Crippen LogP contribution in [0.25, 0.3) is 22.1 Å². The SMILES string of the molecule is C[C@@H](OC(=O)OCc1ccc(N=Nc2ccc(O)c(C(=O)O)c2)cc1)c1nc2cnc3[nH]ccc3c2n1N1CCC(CC#N)CC1. The molecule has 0 radical (unpaired) electrons. The summed E-state index contributed by atoms with van der Waals surface area (Å²) in [6, 6.07) is 14.9. The number of aromatic carboxylic acids is 1. The van der Waals surface area contributed by atoms with Crippen molar-refractivity contribution in [2.45, 2.75) is 38.9 Å². The minimum absolute atomic E-state index is 0.0420. The largest absolute Gasteiger partial charge is 0.509 e. The molecule has 0 aliphatic carbocycles. The Balaban J connectivity index is 1.12. The maximum Gasteiger partial charge on any atom is 0.509 e. The van der Waals surface area contributed by atoms with Crippen molar-refractivity contribution >= 4 is 45.6 Å². The van der Waals surface area contributed by atoms with Gasteiger partial charge >= 0.3 is 12.1 Å². The lowest BCUT2D eigenvalue weighted by atomic mass is 9.95. The first kappa shape index (κ1) is 30.1. The number of carboxylic acids is 1. The Morgan fingerprint density at radius 3 is 2.61 bits per heavy atom. The van der Waals surface area contributed by atoms with Crippen molar-refractivity contribution in [2.24, 2.45) is 16.1 Å². The van der Waals surface area contributed by atoms with E-state index < -0.39 is 18.2 Å². The Morgan fingerprint density at radius 1 is 1.13 bits per heavy atom. The third-order valence-corrected chi connectivity index (χ3v) is 7.88. The van der Waals surface area contributed by atoms with E-state index in [4.69, 9.17) is 24.8 Å². The predicted molar refractivity (Wildman–Crippen MR) is 166 cm³/mol. The molecule has 234 valence electrons. The minimum atomic E-state index is -1.27. The van der Waals surface area contributed by atoms with Gasteiger partial charge in [0.2, 0.25) is 0 Å². The smallest absolute Gasteiger partial charge is 0.507 e. The fraction of sp³-hybridized carbons (Fsp3) is 0.281. The number of aromatic hydroxyl groups is 1. The normalized spacial score (nSPS) is 14.5. The molecule has 0 spiro atoms. The van der Waals surface area contributed by atoms with E-state index >= 15 is 0 Å². The summed E-state index contributed by atoms with van der Waals surface area (Å²) in [5.41, 5.74) is 3.46. The van der Waals surface area contributed by atoms with Gasteiger partial charge in [-0.1, -0.05) is 12.1 Å². The second kappa shape index (κ2) is 12.9. The Labute approximate surface area is 262 Å². The van der Waals surface area contributed by atoms with Crippen molar-refractivity contribution < 1.29 is 29.3 Å². The van der Waals surface area contributed by atoms with Crippen molar-refractivity contribution in [3.63, 3.8) is 0 Å². The Kier molecular flexibility index (Phi) is 8.46. The van der Waals surface area contributed by atoms with Gasteiger partial charge in [-0.05, 0) is 67.6 Å². The number of phenols is 1. The van der Waals surface area contributed by atoms with Gasteiger partial charge in [-0.2, -0.15) is 15.5 Å². The molecule has 3 aromatic heterocycles. The number of carbonyl (C=O) groups excluding carboxylic acids is 1. The highest BCUT2D eigenvalue weighted by atomic mass is 16.7. The van der Waals surface area contributed by atoms with Gasteiger partial charge in [0, 0.05) is 31.1 Å². The van der Waals surface area contributed by atoms with Gasteiger partial charge in [0.15, 0.2) is 11.9 Å². The number of hydrogen-bond acceptors (Lipinski definition) is 11. The van der Waals surface area contributed by atoms with Crippen LogP contribution in [-0.4, -0.2) is 55.1 Å². The van der Waals surface area contributed by atoms with Crippen LogP contribution in [0.2, 0.25) is 0 Å². The maximum absolute atomic E-state index is 12.8. The van der Waals surface area contributed by atoms with Gasteiger partial charge in [-0.15, -0.1) is 0 Å². The number of aromatic amines is 1. The summed E-state index contributed by atoms with van der Waals surface area (Å²) in [5, 5.41) is 39.1. The molecule has 0 bridgehead atoms. The van der Waals surface area contributed by atoms with Crippen LogP contribution in [0.4, 0.5) is 16.2 Å². The number of carbonyl (C=O) groups is 2. The minimum Gasteiger partial charge on any atom is -0.507 e. The first-order chi connectivity index (χ1) is 22.3. The molecule has 0 unspecified atom stereocenters. The number of pyridine rings is 1. The van der Waals surface area contributed by atoms with Crippen LogP contribution in [0.5, 0.6) is 5.75 Å². The molecular weight excluding hydrogens is 592 g/mol. The molecule has 0 saturated carbocycles. The number of azo groups is 1. The van der Waals surface area contributed by atoms with Gasteiger partial charge < -0.3 is 29.7 Å². The standard InChI is InChI=1S/C32H30N8O6/c1-19(30-36-26-17-35-29-24(9-13-34-29)28(26)40(30)39-14-10-20(8-12-33)11-15-39)46-32(44)45-18-21-2-4-22(5-3-21)37-38-23-6-7-27(41)25(16-23)31(42)43/h2-7,9,13,16-17,19-20,41H,8,10-11,14-15,18H2,1H3,(H,34,35)(H,42,43)/t19-/m1/s1. The molecule has 1 aliphatic rings. The van der Waals surface area contributed by atoms with Crippen molar-refractivity contribution in [2.75, 3.05) is 18.1 Å². The summed E-state index contributed by atoms with van der Waals surface area (Å²) in [6.45, 7) is 3.16. The van der Waals surface area contributed by atoms with Crippen molar-refractivity contribution in [1.82, 2.24) is 19.6 Å². The molecule has 1 aliphatic heterocycles. The molecule has 14 nitrogen and oxygen atoms in total. The van der Waals surface area contributed by atoms with Crippen LogP contribution in [0.15, 0.2) is 71.2 Å². The number of ether oxygens (including phenoxy) is 2. The molecular formula is C32H30N8O6. The fourth-order valence-electron chi connectivity index (χ4n) is 5.48. The summed E-state index contributed by atoms with van der Waals surface area (Å²) in [5.74, 6) is -0.736. The Morgan fingerprint density at radius 2 is 1.87 bits per heavy atom. The molecule has 4 heterocycles. The monoisotopic (exact) mass is 622 g/mol. The number of carboxylic acid groups (broad SMARTS) is 1. The number of rotatable bonds is 9. The van der Waals surface area contributed by atoms with E-state index in [0.717, 1.165) is 42.5 Å². The highest BCUT2D eigenvalue weighted by molar-refractivity contribution is 6.01. The Bertz CT molecular complexity index is 1970. The van der Waals surface area contributed by atoms with Crippen molar-refractivity contribution in [3.8, 4) is 11.8 Å². The summed E-state index contributed by atoms with van der Waals surface area (Å²) in [6.07, 6.45) is 4.20. The first-order valence-electron chi connectivity index (χ1n) is 14.7. The zero-order valence-electron chi connectivity index (χ0n) is 24.8. The van der Waals surface area contributed by atoms with Gasteiger partial charge in [0.1, 0.15) is 34.6 Å². The number of benzene rings is 2. The molecule has 2 aromatic carbocycles. The van der Waals surface area contributed by atoms with E-state index in [2.05, 4.69) is 31.3 Å². The molecule has 14 heteroatoms. The van der Waals surface area contributed by atoms with Gasteiger partial charge in [-0.3, -0.25) is 0 Å². The summed E-state index contributed by atoms with van der Waals surface area (Å²) >= 11 is 0. The highest BCUT2D eigenvalue weighted by Crippen LogP contribution is 2.31. The number of H-pyrrole nitrogens is 1. The summed E-state index contributed by atoms with van der Waals surface area (Å²) in [4.78, 5) is 36.4. The van der Waals surface area contributed by atoms with Gasteiger partial charge in [0.05, 0.1) is 23.6 Å². The average molecular weight is 623 g/mol. The summed E-state index contributed by atoms with van der Waals surface area (Å²) in [7, 11) is 0. The first-order valence-corrected chi connectivity index (χ1v) is 14.7. The molecule has 5 aromatic rings. The number of nitrogens with zero attached hydrogens (tertiary/aromatic N) is 7. The van der Waals surface area contributed by atoms with Crippen LogP contribution >= 0.6 is 0 Å². The number of hydrogen-bond donors (Lipinski definition) is 3. The van der Waals surface area contributed by atoms with Crippen LogP contribution in [0.3, 0.4) is 0 Å². The molecule has 1 fully saturated rings. The number of nitriles is 1. The third-order valence-electron chi connectivity index (χ3n) is 7.88. The zero-order chi connectivity index (χ0) is 32.2. The fourth-order valence-corrected chi connectivity index (χ4v) is 5.48. The average Bonchev–Trinajstić information content (AvgIpc) is 3.69. The lowest BCUT2D eigenvalue weighted by Crippen LogP contribution is -2.43. The lowest BCUT2D eigenvalue weighted by molar-refractivity contribution is 0.0203. The quantitative estimate of drug-likeness (QED) is 0.122. The molecule has 0 amide bonds. The van der Waals surface area contributed by atoms with Gasteiger partial charge in [-0.25, -0.2) is 24.2 Å². The molecule has 46 heavy (non-hydrogen) atoms. The van der Waals surface area contributed by atoms with E-state index in [9.17, 15) is 14.7 Å². The van der Waals surface area contributed by atoms with E-state index in [-0.39, 0.29) is 23.6 Å². The molecule has 1 atom stereocenters. The van der Waals surface area contributed by atoms with Crippen molar-refractivity contribution in [3.05, 3.63) is 77.9 Å². The van der Waals surface area contributed by atoms with E-state index in [1.165, 1.54) is 18.2 Å². The number of piperidine rings is 1. The lowest BCUT2D eigenvalue weighted by Gasteiger charge is -2.35. The molecule has 1 saturated heterocycles. The van der Waals surface area contributed by atoms with Crippen LogP contribution in [0.1, 0.15) is 54.0 Å². The zero-order valence-corrected chi connectivity index (χ0v) is 24.8. The van der Waals surface area contributed by atoms with Crippen LogP contribution in [0, 0.1) is 17.2 Å². The van der Waals surface area contributed by atoms with Gasteiger partial charge in [0.25, 0.3) is 0 Å². The summed E-state index contributed by atoms with van der Waals surface area (Å²) < 4.78 is 13.1. The Hall–Kier alpha value is -5.97. The molecule has 3 N–H and O–H groups in total. The second-order valence-corrected chi connectivity index (χ2v) is 10.9. The van der Waals surface area contributed by atoms with Crippen molar-refractivity contribution in [1.29, 1.82) is 5.26 Å².